The van der Waals surface area contributed by atoms with E-state index >= 15 is 0 Å². The molecule has 5 heteroatoms. The first kappa shape index (κ1) is 18.0. The average molecular weight is 298 g/mol. The van der Waals surface area contributed by atoms with E-state index in [4.69, 9.17) is 4.74 Å². The molecule has 0 radical (unpaired) electrons. The van der Waals surface area contributed by atoms with Crippen molar-refractivity contribution in [3.05, 3.63) is 0 Å². The van der Waals surface area contributed by atoms with Crippen molar-refractivity contribution in [2.75, 3.05) is 13.7 Å². The molecular formula is C16H30N2O3. The maximum absolute atomic E-state index is 12.9. The highest BCUT2D eigenvalue weighted by Crippen LogP contribution is 2.31. The van der Waals surface area contributed by atoms with Gasteiger partial charge in [0.1, 0.15) is 11.1 Å². The van der Waals surface area contributed by atoms with Crippen molar-refractivity contribution in [1.29, 1.82) is 0 Å². The van der Waals surface area contributed by atoms with Gasteiger partial charge >= 0.3 is 0 Å². The number of rotatable bonds is 6. The molecule has 2 amide bonds. The molecule has 5 nitrogen and oxygen atoms in total. The number of hydrogen-bond acceptors (Lipinski definition) is 3. The van der Waals surface area contributed by atoms with E-state index in [1.54, 1.807) is 18.9 Å². The molecule has 0 aromatic carbocycles. The first-order valence-electron chi connectivity index (χ1n) is 7.76. The van der Waals surface area contributed by atoms with Gasteiger partial charge < -0.3 is 15.0 Å². The minimum atomic E-state index is -0.803. The molecule has 1 fully saturated rings. The van der Waals surface area contributed by atoms with Crippen LogP contribution in [0.15, 0.2) is 0 Å². The van der Waals surface area contributed by atoms with Crippen LogP contribution in [0.4, 0.5) is 0 Å². The van der Waals surface area contributed by atoms with Crippen molar-refractivity contribution in [2.45, 2.75) is 77.5 Å². The normalized spacial score (nSPS) is 30.5. The van der Waals surface area contributed by atoms with Gasteiger partial charge in [-0.1, -0.05) is 13.8 Å². The van der Waals surface area contributed by atoms with Gasteiger partial charge in [-0.3, -0.25) is 9.59 Å². The lowest BCUT2D eigenvalue weighted by Crippen LogP contribution is -2.74. The zero-order valence-corrected chi connectivity index (χ0v) is 14.5. The fraction of sp³-hybridized carbons (Fsp3) is 0.875. The molecule has 0 aliphatic carbocycles. The minimum absolute atomic E-state index is 0.000790. The Balaban J connectivity index is 3.08. The molecule has 122 valence electrons. The third kappa shape index (κ3) is 3.23. The third-order valence-electron chi connectivity index (χ3n) is 5.08. The Labute approximate surface area is 128 Å². The van der Waals surface area contributed by atoms with E-state index in [0.717, 1.165) is 0 Å². The summed E-state index contributed by atoms with van der Waals surface area (Å²) in [5, 5.41) is 2.91. The molecular weight excluding hydrogens is 268 g/mol. The van der Waals surface area contributed by atoms with Crippen LogP contribution in [0.1, 0.15) is 60.8 Å². The largest absolute Gasteiger partial charge is 0.379 e. The number of hydrogen-bond donors (Lipinski definition) is 1. The Morgan fingerprint density at radius 1 is 1.19 bits per heavy atom. The monoisotopic (exact) mass is 298 g/mol. The van der Waals surface area contributed by atoms with Gasteiger partial charge in [0.25, 0.3) is 0 Å². The number of nitrogens with one attached hydrogen (secondary N) is 1. The summed E-state index contributed by atoms with van der Waals surface area (Å²) in [6.45, 7) is 12.0. The summed E-state index contributed by atoms with van der Waals surface area (Å²) in [6.07, 6.45) is 1.87. The fourth-order valence-corrected chi connectivity index (χ4v) is 2.51. The second kappa shape index (κ2) is 5.95. The Morgan fingerprint density at radius 2 is 1.76 bits per heavy atom. The summed E-state index contributed by atoms with van der Waals surface area (Å²) in [6, 6.07) is 0. The Morgan fingerprint density at radius 3 is 2.19 bits per heavy atom. The molecule has 0 aromatic heterocycles. The first-order chi connectivity index (χ1) is 9.56. The van der Waals surface area contributed by atoms with Crippen LogP contribution < -0.4 is 5.32 Å². The topological polar surface area (TPSA) is 58.6 Å². The number of carbonyl (C=O) groups is 2. The van der Waals surface area contributed by atoms with E-state index in [-0.39, 0.29) is 17.4 Å². The Bertz CT molecular complexity index is 422. The number of methoxy groups -OCH3 is 1. The molecule has 0 bridgehead atoms. The van der Waals surface area contributed by atoms with Crippen LogP contribution in [-0.4, -0.2) is 47.0 Å². The Kier molecular flexibility index (Phi) is 5.09. The van der Waals surface area contributed by atoms with Gasteiger partial charge in [-0.25, -0.2) is 0 Å². The van der Waals surface area contributed by atoms with Crippen molar-refractivity contribution in [1.82, 2.24) is 10.2 Å². The smallest absolute Gasteiger partial charge is 0.248 e. The molecule has 2 unspecified atom stereocenters. The summed E-state index contributed by atoms with van der Waals surface area (Å²) in [5.41, 5.74) is -1.90. The van der Waals surface area contributed by atoms with Crippen molar-refractivity contribution in [2.24, 2.45) is 0 Å². The Hall–Kier alpha value is -1.10. The maximum atomic E-state index is 12.9. The molecule has 2 atom stereocenters. The van der Waals surface area contributed by atoms with Gasteiger partial charge in [0, 0.05) is 13.7 Å². The maximum Gasteiger partial charge on any atom is 0.248 e. The van der Waals surface area contributed by atoms with Gasteiger partial charge in [-0.2, -0.15) is 0 Å². The number of ether oxygens (including phenoxy) is 1. The van der Waals surface area contributed by atoms with Crippen LogP contribution in [0.2, 0.25) is 0 Å². The zero-order valence-electron chi connectivity index (χ0n) is 14.5. The van der Waals surface area contributed by atoms with Crippen LogP contribution >= 0.6 is 0 Å². The number of piperazine rings is 1. The lowest BCUT2D eigenvalue weighted by molar-refractivity contribution is -0.163. The van der Waals surface area contributed by atoms with Crippen LogP contribution in [0.25, 0.3) is 0 Å². The van der Waals surface area contributed by atoms with E-state index in [1.807, 2.05) is 34.6 Å². The van der Waals surface area contributed by atoms with Crippen LogP contribution in [-0.2, 0) is 14.3 Å². The molecule has 0 aromatic rings. The quantitative estimate of drug-likeness (QED) is 0.817. The molecule has 1 rings (SSSR count). The van der Waals surface area contributed by atoms with E-state index < -0.39 is 11.1 Å². The SMILES string of the molecule is CCC1(C)NC(=O)C(C)(CC)N(CCC(C)(C)OC)C1=O. The molecule has 1 N–H and O–H groups in total. The lowest BCUT2D eigenvalue weighted by Gasteiger charge is -2.50. The lowest BCUT2D eigenvalue weighted by atomic mass is 9.83. The number of nitrogens with zero attached hydrogens (tertiary/aromatic N) is 1. The fourth-order valence-electron chi connectivity index (χ4n) is 2.51. The van der Waals surface area contributed by atoms with Crippen molar-refractivity contribution in [3.63, 3.8) is 0 Å². The molecule has 1 saturated heterocycles. The highest BCUT2D eigenvalue weighted by atomic mass is 16.5. The highest BCUT2D eigenvalue weighted by molar-refractivity contribution is 6.01. The van der Waals surface area contributed by atoms with Crippen molar-refractivity contribution >= 4 is 11.8 Å². The second-order valence-corrected chi connectivity index (χ2v) is 6.94. The number of carbonyl (C=O) groups excluding carboxylic acids is 2. The molecule has 1 aliphatic rings. The van der Waals surface area contributed by atoms with Crippen LogP contribution in [0.5, 0.6) is 0 Å². The van der Waals surface area contributed by atoms with Gasteiger partial charge in [0.15, 0.2) is 0 Å². The minimum Gasteiger partial charge on any atom is -0.379 e. The van der Waals surface area contributed by atoms with E-state index in [1.165, 1.54) is 0 Å². The van der Waals surface area contributed by atoms with Crippen molar-refractivity contribution in [3.8, 4) is 0 Å². The van der Waals surface area contributed by atoms with E-state index in [2.05, 4.69) is 5.32 Å². The van der Waals surface area contributed by atoms with Crippen molar-refractivity contribution < 1.29 is 14.3 Å². The summed E-state index contributed by atoms with van der Waals surface area (Å²) < 4.78 is 5.43. The van der Waals surface area contributed by atoms with Crippen LogP contribution in [0, 0.1) is 0 Å². The molecule has 1 heterocycles. The highest BCUT2D eigenvalue weighted by Gasteiger charge is 2.52. The third-order valence-corrected chi connectivity index (χ3v) is 5.08. The summed E-state index contributed by atoms with van der Waals surface area (Å²) in [5.74, 6) is -0.0648. The average Bonchev–Trinajstić information content (AvgIpc) is 2.45. The zero-order chi connectivity index (χ0) is 16.5. The van der Waals surface area contributed by atoms with E-state index in [9.17, 15) is 9.59 Å². The predicted molar refractivity (Wildman–Crippen MR) is 83.0 cm³/mol. The summed E-state index contributed by atoms with van der Waals surface area (Å²) in [7, 11) is 1.67. The standard InChI is InChI=1S/C16H30N2O3/c1-8-15(5)13(20)18(11-10-14(3,4)21-7)16(6,9-2)12(19)17-15/h8-11H2,1-7H3,(H,17,19). The van der Waals surface area contributed by atoms with Gasteiger partial charge in [-0.15, -0.1) is 0 Å². The number of amides is 2. The first-order valence-corrected chi connectivity index (χ1v) is 7.76. The molecule has 21 heavy (non-hydrogen) atoms. The summed E-state index contributed by atoms with van der Waals surface area (Å²) in [4.78, 5) is 27.2. The summed E-state index contributed by atoms with van der Waals surface area (Å²) >= 11 is 0. The van der Waals surface area contributed by atoms with Crippen LogP contribution in [0.3, 0.4) is 0 Å². The second-order valence-electron chi connectivity index (χ2n) is 6.94. The van der Waals surface area contributed by atoms with E-state index in [0.29, 0.717) is 25.8 Å². The van der Waals surface area contributed by atoms with Gasteiger partial charge in [0.05, 0.1) is 5.60 Å². The van der Waals surface area contributed by atoms with Gasteiger partial charge in [0.2, 0.25) is 11.8 Å². The predicted octanol–water partition coefficient (Wildman–Crippen LogP) is 2.10. The molecule has 0 saturated carbocycles. The molecule has 1 aliphatic heterocycles. The van der Waals surface area contributed by atoms with Gasteiger partial charge in [-0.05, 0) is 47.0 Å². The molecule has 0 spiro atoms.